The quantitative estimate of drug-likeness (QED) is 0.205. The van der Waals surface area contributed by atoms with Gasteiger partial charge in [0.05, 0.1) is 29.3 Å². The summed E-state index contributed by atoms with van der Waals surface area (Å²) in [4.78, 5) is 0. The maximum Gasteiger partial charge on any atom is 0.135 e. The smallest absolute Gasteiger partial charge is 0.135 e. The third-order valence-electron chi connectivity index (χ3n) is 10.2. The van der Waals surface area contributed by atoms with E-state index in [0.717, 1.165) is 44.9 Å². The van der Waals surface area contributed by atoms with Gasteiger partial charge in [-0.05, 0) is 60.1 Å². The highest BCUT2D eigenvalue weighted by Gasteiger charge is 2.45. The third-order valence-corrected chi connectivity index (χ3v) is 10.2. The molecule has 0 radical (unpaired) electrons. The number of hydrogen-bond acceptors (Lipinski definition) is 3. The van der Waals surface area contributed by atoms with Crippen LogP contribution in [-0.2, 0) is 11.2 Å². The monoisotopic (exact) mass is 608 g/mol. The Kier molecular flexibility index (Phi) is 6.23. The van der Waals surface area contributed by atoms with Crippen LogP contribution in [0.3, 0.4) is 0 Å². The number of allylic oxidation sites excluding steroid dienone is 8. The number of ether oxygens (including phenoxy) is 2. The van der Waals surface area contributed by atoms with E-state index in [2.05, 4.69) is 133 Å². The van der Waals surface area contributed by atoms with Crippen molar-refractivity contribution in [2.24, 2.45) is 11.8 Å². The van der Waals surface area contributed by atoms with Crippen LogP contribution in [0, 0.1) is 23.2 Å². The standard InChI is InChI=1S/C43H32N2O2/c1-43-22-20-29(28-10-3-2-4-11-28)25-36(43)35-21-23-46-40-19-18-30(24-32(40)26-41(35)47-43)42-31(27-44)12-9-17-39(42)45-37-15-7-5-13-33(37)34-14-6-8-16-38(34)45/h2-25,31,36,42H,26H2,1H3/t31?,36?,42?,43-/m1/s1. The van der Waals surface area contributed by atoms with E-state index in [9.17, 15) is 5.26 Å². The van der Waals surface area contributed by atoms with E-state index in [4.69, 9.17) is 9.47 Å². The molecule has 2 aliphatic carbocycles. The fourth-order valence-corrected chi connectivity index (χ4v) is 7.89. The molecule has 2 aliphatic heterocycles. The van der Waals surface area contributed by atoms with Crippen molar-refractivity contribution < 1.29 is 9.47 Å². The van der Waals surface area contributed by atoms with Gasteiger partial charge in [-0.3, -0.25) is 0 Å². The lowest BCUT2D eigenvalue weighted by molar-refractivity contribution is 0.0643. The Bertz CT molecular complexity index is 2270. The van der Waals surface area contributed by atoms with Crippen LogP contribution in [0.2, 0.25) is 0 Å². The predicted molar refractivity (Wildman–Crippen MR) is 188 cm³/mol. The summed E-state index contributed by atoms with van der Waals surface area (Å²) in [5, 5.41) is 12.9. The highest BCUT2D eigenvalue weighted by Crippen LogP contribution is 2.49. The zero-order valence-corrected chi connectivity index (χ0v) is 26.0. The molecule has 3 heterocycles. The van der Waals surface area contributed by atoms with E-state index in [1.165, 1.54) is 21.9 Å². The lowest BCUT2D eigenvalue weighted by Gasteiger charge is -2.31. The number of fused-ring (bicyclic) bond motifs is 6. The van der Waals surface area contributed by atoms with Gasteiger partial charge in [-0.1, -0.05) is 103 Å². The minimum atomic E-state index is -0.470. The largest absolute Gasteiger partial charge is 0.486 e. The number of para-hydroxylation sites is 2. The number of nitrogens with zero attached hydrogens (tertiary/aromatic N) is 2. The molecule has 0 spiro atoms. The van der Waals surface area contributed by atoms with Gasteiger partial charge in [0.15, 0.2) is 0 Å². The Morgan fingerprint density at radius 3 is 2.38 bits per heavy atom. The van der Waals surface area contributed by atoms with Gasteiger partial charge in [-0.15, -0.1) is 0 Å². The lowest BCUT2D eigenvalue weighted by atomic mass is 9.78. The van der Waals surface area contributed by atoms with Gasteiger partial charge < -0.3 is 14.0 Å². The molecule has 4 nitrogen and oxygen atoms in total. The number of rotatable bonds is 3. The second-order valence-electron chi connectivity index (χ2n) is 12.9. The average Bonchev–Trinajstić information content (AvgIpc) is 3.58. The predicted octanol–water partition coefficient (Wildman–Crippen LogP) is 9.89. The van der Waals surface area contributed by atoms with Crippen molar-refractivity contribution in [1.29, 1.82) is 5.26 Å². The Hall–Kier alpha value is -5.79. The minimum Gasteiger partial charge on any atom is -0.486 e. The van der Waals surface area contributed by atoms with Gasteiger partial charge in [0.25, 0.3) is 0 Å². The van der Waals surface area contributed by atoms with Gasteiger partial charge in [0, 0.05) is 45.9 Å². The topological polar surface area (TPSA) is 47.2 Å². The number of nitriles is 1. The second kappa shape index (κ2) is 10.6. The van der Waals surface area contributed by atoms with Crippen molar-refractivity contribution >= 4 is 33.1 Å². The fourth-order valence-electron chi connectivity index (χ4n) is 7.89. The summed E-state index contributed by atoms with van der Waals surface area (Å²) in [6.45, 7) is 2.16. The molecule has 4 aromatic carbocycles. The average molecular weight is 609 g/mol. The summed E-state index contributed by atoms with van der Waals surface area (Å²) in [6.07, 6.45) is 17.4. The zero-order chi connectivity index (χ0) is 31.5. The molecule has 1 aromatic heterocycles. The van der Waals surface area contributed by atoms with Crippen LogP contribution >= 0.6 is 0 Å². The molecule has 5 aromatic rings. The summed E-state index contributed by atoms with van der Waals surface area (Å²) in [7, 11) is 0. The normalized spacial score (nSPS) is 24.3. The van der Waals surface area contributed by atoms with Crippen molar-refractivity contribution in [3.63, 3.8) is 0 Å². The van der Waals surface area contributed by atoms with Gasteiger partial charge in [0.1, 0.15) is 17.1 Å². The Morgan fingerprint density at radius 2 is 1.62 bits per heavy atom. The number of aromatic nitrogens is 1. The summed E-state index contributed by atoms with van der Waals surface area (Å²) < 4.78 is 15.4. The summed E-state index contributed by atoms with van der Waals surface area (Å²) >= 11 is 0. The lowest BCUT2D eigenvalue weighted by Crippen LogP contribution is -2.31. The highest BCUT2D eigenvalue weighted by atomic mass is 16.5. The molecule has 0 bridgehead atoms. The van der Waals surface area contributed by atoms with Gasteiger partial charge in [0.2, 0.25) is 0 Å². The van der Waals surface area contributed by atoms with Gasteiger partial charge in [-0.25, -0.2) is 0 Å². The fraction of sp³-hybridized carbons (Fsp3) is 0.140. The van der Waals surface area contributed by atoms with Crippen molar-refractivity contribution in [1.82, 2.24) is 4.57 Å². The number of benzene rings is 4. The minimum absolute atomic E-state index is 0.0681. The Balaban J connectivity index is 1.13. The second-order valence-corrected chi connectivity index (χ2v) is 12.9. The molecule has 4 aliphatic rings. The van der Waals surface area contributed by atoms with Crippen LogP contribution in [0.1, 0.15) is 29.5 Å². The molecule has 3 unspecified atom stereocenters. The first-order valence-corrected chi connectivity index (χ1v) is 16.2. The van der Waals surface area contributed by atoms with Crippen LogP contribution < -0.4 is 4.74 Å². The van der Waals surface area contributed by atoms with Crippen LogP contribution in [0.25, 0.3) is 33.1 Å². The van der Waals surface area contributed by atoms with E-state index in [1.807, 2.05) is 24.3 Å². The molecule has 0 N–H and O–H groups in total. The van der Waals surface area contributed by atoms with Crippen molar-refractivity contribution in [2.75, 3.05) is 0 Å². The Labute approximate surface area is 274 Å². The van der Waals surface area contributed by atoms with Crippen LogP contribution in [0.4, 0.5) is 0 Å². The molecule has 0 amide bonds. The van der Waals surface area contributed by atoms with E-state index in [-0.39, 0.29) is 17.8 Å². The third kappa shape index (κ3) is 4.35. The van der Waals surface area contributed by atoms with Crippen LogP contribution in [0.15, 0.2) is 157 Å². The van der Waals surface area contributed by atoms with E-state index < -0.39 is 5.60 Å². The zero-order valence-electron chi connectivity index (χ0n) is 26.0. The van der Waals surface area contributed by atoms with Crippen LogP contribution in [0.5, 0.6) is 5.75 Å². The molecule has 0 fully saturated rings. The van der Waals surface area contributed by atoms with Gasteiger partial charge in [-0.2, -0.15) is 5.26 Å². The van der Waals surface area contributed by atoms with Gasteiger partial charge >= 0.3 is 0 Å². The molecule has 4 atom stereocenters. The number of hydrogen-bond donors (Lipinski definition) is 0. The van der Waals surface area contributed by atoms with Crippen molar-refractivity contribution in [3.8, 4) is 11.8 Å². The first kappa shape index (κ1) is 27.5. The molecular formula is C43H32N2O2. The summed E-state index contributed by atoms with van der Waals surface area (Å²) in [6, 6.07) is 36.5. The maximum absolute atomic E-state index is 10.4. The van der Waals surface area contributed by atoms with Crippen molar-refractivity contribution in [2.45, 2.75) is 24.9 Å². The van der Waals surface area contributed by atoms with E-state index >= 15 is 0 Å². The van der Waals surface area contributed by atoms with Crippen molar-refractivity contribution in [3.05, 3.63) is 174 Å². The summed E-state index contributed by atoms with van der Waals surface area (Å²) in [5.41, 5.74) is 8.55. The first-order valence-electron chi connectivity index (χ1n) is 16.2. The highest BCUT2D eigenvalue weighted by molar-refractivity contribution is 6.10. The summed E-state index contributed by atoms with van der Waals surface area (Å²) in [5.74, 6) is 1.34. The molecule has 226 valence electrons. The molecule has 9 rings (SSSR count). The molecule has 0 saturated heterocycles. The molecular weight excluding hydrogens is 576 g/mol. The Morgan fingerprint density at radius 1 is 0.872 bits per heavy atom. The van der Waals surface area contributed by atoms with Crippen LogP contribution in [-0.4, -0.2) is 10.2 Å². The molecule has 47 heavy (non-hydrogen) atoms. The molecule has 0 saturated carbocycles. The van der Waals surface area contributed by atoms with E-state index in [1.54, 1.807) is 6.26 Å². The first-order chi connectivity index (χ1) is 23.1. The SMILES string of the molecule is C[C@@]12C=CC(c3ccccc3)=CC1C1=C(Cc3cc(C4C(n5c6ccccc6c6ccccc65)=CC=CC4C#N)ccc3OC=C1)O2. The maximum atomic E-state index is 10.4. The molecule has 4 heteroatoms. The van der Waals surface area contributed by atoms with E-state index in [0.29, 0.717) is 6.42 Å².